The molecule has 0 aliphatic rings. The molecule has 8 rings (SSSR count). The van der Waals surface area contributed by atoms with Crippen LogP contribution in [0.25, 0.3) is 61.3 Å². The number of hydrogen-bond donors (Lipinski definition) is 0. The third kappa shape index (κ3) is 5.57. The topological polar surface area (TPSA) is 56.7 Å². The number of aryl methyl sites for hydroxylation is 3. The number of rotatable bonds is 3. The van der Waals surface area contributed by atoms with Crippen molar-refractivity contribution in [1.82, 2.24) is 19.5 Å². The third-order valence-corrected chi connectivity index (χ3v) is 7.74. The summed E-state index contributed by atoms with van der Waals surface area (Å²) in [6.07, 6.45) is 1.79. The van der Waals surface area contributed by atoms with Crippen LogP contribution in [0.2, 0.25) is 0 Å². The summed E-state index contributed by atoms with van der Waals surface area (Å²) >= 11 is 0. The molecule has 0 bridgehead atoms. The van der Waals surface area contributed by atoms with E-state index in [2.05, 4.69) is 21.7 Å². The number of benzene rings is 4. The first-order valence-electron chi connectivity index (χ1n) is 14.3. The van der Waals surface area contributed by atoms with Gasteiger partial charge in [0.25, 0.3) is 0 Å². The van der Waals surface area contributed by atoms with Crippen LogP contribution in [-0.4, -0.2) is 19.5 Å². The summed E-state index contributed by atoms with van der Waals surface area (Å²) in [6, 6.07) is 38.7. The smallest absolute Gasteiger partial charge is 0.126 e. The van der Waals surface area contributed by atoms with Crippen molar-refractivity contribution in [2.24, 2.45) is 0 Å². The molecule has 4 aromatic heterocycles. The van der Waals surface area contributed by atoms with Crippen molar-refractivity contribution in [2.75, 3.05) is 0 Å². The maximum Gasteiger partial charge on any atom is 0.126 e. The van der Waals surface area contributed by atoms with E-state index in [1.54, 1.807) is 12.3 Å². The maximum atomic E-state index is 13.8. The van der Waals surface area contributed by atoms with Crippen molar-refractivity contribution < 1.29 is 28.9 Å². The standard InChI is InChI=1S/C27H19FN3O.C11H8N.Ir/c1-15-16(2)29-17(3)25-24(15)30-27(31(25)19-8-5-4-6-9-19)22-11-7-10-21-20-13-12-18(28)14-23(20)32-26(21)22;1-2-6-10(7-3-1)11-8-4-5-9-12-11;/h4-10,12-14H,1-3H3;1-6,8-9H;/q2*-1;. The van der Waals surface area contributed by atoms with Crippen LogP contribution in [0.1, 0.15) is 17.0 Å². The van der Waals surface area contributed by atoms with Crippen LogP contribution in [0.3, 0.4) is 0 Å². The minimum Gasteiger partial charge on any atom is -0.500 e. The number of aromatic nitrogens is 4. The Balaban J connectivity index is 0.000000231. The molecule has 0 aliphatic carbocycles. The van der Waals surface area contributed by atoms with Crippen molar-refractivity contribution in [2.45, 2.75) is 20.8 Å². The van der Waals surface area contributed by atoms with Crippen LogP contribution in [0.15, 0.2) is 114 Å². The van der Waals surface area contributed by atoms with Crippen LogP contribution in [0.5, 0.6) is 0 Å². The van der Waals surface area contributed by atoms with Gasteiger partial charge in [-0.3, -0.25) is 9.97 Å². The minimum atomic E-state index is -0.327. The zero-order valence-corrected chi connectivity index (χ0v) is 27.2. The van der Waals surface area contributed by atoms with Gasteiger partial charge >= 0.3 is 0 Å². The fourth-order valence-corrected chi connectivity index (χ4v) is 5.53. The van der Waals surface area contributed by atoms with Gasteiger partial charge in [0, 0.05) is 49.1 Å². The van der Waals surface area contributed by atoms with Gasteiger partial charge < -0.3 is 14.0 Å². The van der Waals surface area contributed by atoms with Crippen molar-refractivity contribution >= 4 is 33.0 Å². The Morgan fingerprint density at radius 1 is 0.756 bits per heavy atom. The van der Waals surface area contributed by atoms with E-state index in [0.717, 1.165) is 67.1 Å². The Hall–Kier alpha value is -4.97. The molecular weight excluding hydrogens is 740 g/mol. The number of hydrogen-bond acceptors (Lipinski definition) is 4. The fraction of sp³-hybridized carbons (Fsp3) is 0.0789. The first-order chi connectivity index (χ1) is 21.5. The molecule has 0 N–H and O–H groups in total. The predicted octanol–water partition coefficient (Wildman–Crippen LogP) is 9.40. The molecule has 0 saturated carbocycles. The summed E-state index contributed by atoms with van der Waals surface area (Å²) in [4.78, 5) is 14.1. The Morgan fingerprint density at radius 2 is 1.56 bits per heavy atom. The van der Waals surface area contributed by atoms with E-state index in [4.69, 9.17) is 14.4 Å². The van der Waals surface area contributed by atoms with Crippen LogP contribution >= 0.6 is 0 Å². The van der Waals surface area contributed by atoms with Gasteiger partial charge in [0.2, 0.25) is 0 Å². The van der Waals surface area contributed by atoms with E-state index in [-0.39, 0.29) is 25.9 Å². The molecule has 1 radical (unpaired) electrons. The van der Waals surface area contributed by atoms with E-state index in [1.807, 2.05) is 106 Å². The van der Waals surface area contributed by atoms with Gasteiger partial charge in [0.1, 0.15) is 11.4 Å². The van der Waals surface area contributed by atoms with Crippen molar-refractivity contribution in [3.63, 3.8) is 0 Å². The summed E-state index contributed by atoms with van der Waals surface area (Å²) in [5.74, 6) is 0.390. The Bertz CT molecular complexity index is 2230. The van der Waals surface area contributed by atoms with E-state index >= 15 is 0 Å². The quantitative estimate of drug-likeness (QED) is 0.168. The molecular formula is C38H27FIrN4O-2. The summed E-state index contributed by atoms with van der Waals surface area (Å²) in [5, 5.41) is 1.77. The van der Waals surface area contributed by atoms with E-state index < -0.39 is 0 Å². The van der Waals surface area contributed by atoms with Gasteiger partial charge in [-0.15, -0.1) is 54.1 Å². The average Bonchev–Trinajstić information content (AvgIpc) is 3.64. The molecule has 8 aromatic rings. The number of halogens is 1. The molecule has 5 nitrogen and oxygen atoms in total. The molecule has 45 heavy (non-hydrogen) atoms. The number of para-hydroxylation sites is 1. The molecule has 0 atom stereocenters. The average molecular weight is 767 g/mol. The molecule has 0 saturated heterocycles. The third-order valence-electron chi connectivity index (χ3n) is 7.74. The molecule has 223 valence electrons. The van der Waals surface area contributed by atoms with Crippen molar-refractivity contribution in [3.8, 4) is 28.3 Å². The molecule has 0 amide bonds. The van der Waals surface area contributed by atoms with E-state index in [9.17, 15) is 4.39 Å². The fourth-order valence-electron chi connectivity index (χ4n) is 5.53. The van der Waals surface area contributed by atoms with Crippen LogP contribution < -0.4 is 0 Å². The van der Waals surface area contributed by atoms with Crippen LogP contribution in [-0.2, 0) is 20.1 Å². The summed E-state index contributed by atoms with van der Waals surface area (Å²) in [7, 11) is 0. The van der Waals surface area contributed by atoms with Crippen LogP contribution in [0, 0.1) is 38.7 Å². The summed E-state index contributed by atoms with van der Waals surface area (Å²) < 4.78 is 22.1. The molecule has 4 heterocycles. The van der Waals surface area contributed by atoms with E-state index in [1.165, 1.54) is 12.1 Å². The molecule has 0 aliphatic heterocycles. The number of imidazole rings is 1. The van der Waals surface area contributed by atoms with Gasteiger partial charge in [-0.25, -0.2) is 4.39 Å². The predicted molar refractivity (Wildman–Crippen MR) is 173 cm³/mol. The SMILES string of the molecule is Cc1nc(C)c2c(nc(-c3[c-]ccc4c3oc3cc(F)ccc34)n2-c2ccccc2)c1C.[Ir].[c-]1ccccc1-c1ccccn1. The number of nitrogens with zero attached hydrogens (tertiary/aromatic N) is 4. The second-order valence-corrected chi connectivity index (χ2v) is 10.5. The van der Waals surface area contributed by atoms with Crippen molar-refractivity contribution in [1.29, 1.82) is 0 Å². The first-order valence-corrected chi connectivity index (χ1v) is 14.3. The first kappa shape index (κ1) is 30.1. The number of furan rings is 1. The Kier molecular flexibility index (Phi) is 8.40. The van der Waals surface area contributed by atoms with Gasteiger partial charge in [0.05, 0.1) is 28.1 Å². The zero-order valence-electron chi connectivity index (χ0n) is 24.8. The van der Waals surface area contributed by atoms with E-state index in [0.29, 0.717) is 11.2 Å². The normalized spacial score (nSPS) is 10.9. The van der Waals surface area contributed by atoms with Gasteiger partial charge in [0.15, 0.2) is 0 Å². The van der Waals surface area contributed by atoms with Gasteiger partial charge in [-0.05, 0) is 62.4 Å². The second-order valence-electron chi connectivity index (χ2n) is 10.5. The van der Waals surface area contributed by atoms with Gasteiger partial charge in [-0.2, -0.15) is 0 Å². The minimum absolute atomic E-state index is 0. The molecule has 0 spiro atoms. The maximum absolute atomic E-state index is 13.8. The van der Waals surface area contributed by atoms with Crippen LogP contribution in [0.4, 0.5) is 4.39 Å². The largest absolute Gasteiger partial charge is 0.500 e. The summed E-state index contributed by atoms with van der Waals surface area (Å²) in [5.41, 5.74) is 9.64. The monoisotopic (exact) mass is 767 g/mol. The zero-order chi connectivity index (χ0) is 30.2. The molecule has 0 fully saturated rings. The molecule has 4 aromatic carbocycles. The second kappa shape index (κ2) is 12.6. The molecule has 7 heteroatoms. The molecule has 0 unspecified atom stereocenters. The Morgan fingerprint density at radius 3 is 2.31 bits per heavy atom. The van der Waals surface area contributed by atoms with Gasteiger partial charge in [-0.1, -0.05) is 41.3 Å². The summed E-state index contributed by atoms with van der Waals surface area (Å²) in [6.45, 7) is 6.06. The van der Waals surface area contributed by atoms with Crippen molar-refractivity contribution in [3.05, 3.63) is 144 Å². The number of pyridine rings is 2. The number of fused-ring (bicyclic) bond motifs is 4. The Labute approximate surface area is 273 Å².